The van der Waals surface area contributed by atoms with E-state index in [-0.39, 0.29) is 9.92 Å². The van der Waals surface area contributed by atoms with Crippen molar-refractivity contribution in [1.82, 2.24) is 0 Å². The fraction of sp³-hybridized carbons (Fsp3) is 0.333. The third-order valence-electron chi connectivity index (χ3n) is 2.03. The van der Waals surface area contributed by atoms with Crippen molar-refractivity contribution in [3.05, 3.63) is 23.2 Å². The lowest BCUT2D eigenvalue weighted by atomic mass is 10.3. The first-order valence-corrected chi connectivity index (χ1v) is 6.29. The van der Waals surface area contributed by atoms with Crippen LogP contribution in [0.5, 0.6) is 5.75 Å². The highest BCUT2D eigenvalue weighted by Gasteiger charge is 2.23. The van der Waals surface area contributed by atoms with Crippen molar-refractivity contribution in [3.63, 3.8) is 0 Å². The van der Waals surface area contributed by atoms with Crippen LogP contribution in [0.3, 0.4) is 0 Å². The zero-order valence-corrected chi connectivity index (χ0v) is 10.1. The number of hydrogen-bond donors (Lipinski definition) is 2. The van der Waals surface area contributed by atoms with Crippen LogP contribution < -0.4 is 10.5 Å². The quantitative estimate of drug-likeness (QED) is 0.822. The number of sulfone groups is 1. The molecule has 1 aromatic carbocycles. The van der Waals surface area contributed by atoms with Crippen LogP contribution in [0.4, 0.5) is 0 Å². The number of hydrogen-bond acceptors (Lipinski definition) is 5. The molecule has 0 saturated heterocycles. The van der Waals surface area contributed by atoms with Crippen LogP contribution in [-0.2, 0) is 9.84 Å². The van der Waals surface area contributed by atoms with E-state index in [4.69, 9.17) is 27.2 Å². The molecule has 0 fully saturated rings. The van der Waals surface area contributed by atoms with Crippen LogP contribution in [0.2, 0.25) is 5.02 Å². The molecule has 0 aliphatic carbocycles. The number of aliphatic hydroxyl groups is 1. The van der Waals surface area contributed by atoms with Crippen molar-refractivity contribution in [2.75, 3.05) is 13.7 Å². The fourth-order valence-electron chi connectivity index (χ4n) is 1.10. The van der Waals surface area contributed by atoms with E-state index in [0.29, 0.717) is 5.75 Å². The Kier molecular flexibility index (Phi) is 4.15. The second-order valence-corrected chi connectivity index (χ2v) is 5.64. The Morgan fingerprint density at radius 3 is 2.62 bits per heavy atom. The van der Waals surface area contributed by atoms with E-state index in [1.54, 1.807) is 0 Å². The van der Waals surface area contributed by atoms with E-state index in [2.05, 4.69) is 0 Å². The zero-order valence-electron chi connectivity index (χ0n) is 8.55. The molecule has 1 aromatic rings. The van der Waals surface area contributed by atoms with Gasteiger partial charge in [0.05, 0.1) is 23.6 Å². The first-order valence-electron chi connectivity index (χ1n) is 4.37. The first kappa shape index (κ1) is 13.2. The Bertz CT molecular complexity index is 474. The monoisotopic (exact) mass is 265 g/mol. The topological polar surface area (TPSA) is 89.6 Å². The summed E-state index contributed by atoms with van der Waals surface area (Å²) in [7, 11) is -2.32. The Hall–Kier alpha value is -0.820. The second-order valence-electron chi connectivity index (χ2n) is 3.06. The van der Waals surface area contributed by atoms with Crippen LogP contribution >= 0.6 is 11.6 Å². The molecular formula is C9H12ClNO4S. The highest BCUT2D eigenvalue weighted by atomic mass is 35.5. The standard InChI is InChI=1S/C9H12ClNO4S/c1-15-8-3-2-6(4-7(8)10)16(13,14)9(11)5-12/h2-4,9,12H,5,11H2,1H3. The van der Waals surface area contributed by atoms with E-state index in [9.17, 15) is 8.42 Å². The molecule has 16 heavy (non-hydrogen) atoms. The summed E-state index contributed by atoms with van der Waals surface area (Å²) in [4.78, 5) is -0.0418. The molecule has 0 aromatic heterocycles. The molecule has 0 heterocycles. The third-order valence-corrected chi connectivity index (χ3v) is 4.18. The lowest BCUT2D eigenvalue weighted by Crippen LogP contribution is -2.34. The molecule has 7 heteroatoms. The number of halogens is 1. The minimum atomic E-state index is -3.75. The molecule has 1 rings (SSSR count). The number of nitrogens with two attached hydrogens (primary N) is 1. The Labute approximate surface area is 98.7 Å². The van der Waals surface area contributed by atoms with Gasteiger partial charge in [0.15, 0.2) is 9.84 Å². The van der Waals surface area contributed by atoms with Crippen molar-refractivity contribution in [1.29, 1.82) is 0 Å². The molecule has 5 nitrogen and oxygen atoms in total. The Balaban J connectivity index is 3.21. The summed E-state index contributed by atoms with van der Waals surface area (Å²) in [6.07, 6.45) is 0. The van der Waals surface area contributed by atoms with Gasteiger partial charge in [-0.25, -0.2) is 8.42 Å². The van der Waals surface area contributed by atoms with E-state index >= 15 is 0 Å². The fourth-order valence-corrected chi connectivity index (χ4v) is 2.51. The van der Waals surface area contributed by atoms with Crippen LogP contribution in [0.15, 0.2) is 23.1 Å². The summed E-state index contributed by atoms with van der Waals surface area (Å²) >= 11 is 5.79. The number of methoxy groups -OCH3 is 1. The molecule has 0 bridgehead atoms. The largest absolute Gasteiger partial charge is 0.495 e. The van der Waals surface area contributed by atoms with Crippen molar-refractivity contribution < 1.29 is 18.3 Å². The number of rotatable bonds is 4. The van der Waals surface area contributed by atoms with E-state index in [1.807, 2.05) is 0 Å². The summed E-state index contributed by atoms with van der Waals surface area (Å²) in [6, 6.07) is 4.00. The maximum Gasteiger partial charge on any atom is 0.196 e. The molecule has 0 radical (unpaired) electrons. The second kappa shape index (κ2) is 5.01. The highest BCUT2D eigenvalue weighted by Crippen LogP contribution is 2.27. The van der Waals surface area contributed by atoms with Crippen LogP contribution in [0, 0.1) is 0 Å². The van der Waals surface area contributed by atoms with Gasteiger partial charge in [0.1, 0.15) is 11.1 Å². The molecule has 90 valence electrons. The SMILES string of the molecule is COc1ccc(S(=O)(=O)C(N)CO)cc1Cl. The normalized spacial score (nSPS) is 13.5. The summed E-state index contributed by atoms with van der Waals surface area (Å²) in [5, 5.41) is 7.56. The van der Waals surface area contributed by atoms with Gasteiger partial charge in [-0.3, -0.25) is 0 Å². The molecule has 0 saturated carbocycles. The molecule has 0 aliphatic rings. The number of aliphatic hydroxyl groups excluding tert-OH is 1. The molecule has 1 unspecified atom stereocenters. The van der Waals surface area contributed by atoms with Crippen molar-refractivity contribution in [2.45, 2.75) is 10.3 Å². The maximum atomic E-state index is 11.7. The van der Waals surface area contributed by atoms with Crippen LogP contribution in [0.1, 0.15) is 0 Å². The zero-order chi connectivity index (χ0) is 12.3. The minimum Gasteiger partial charge on any atom is -0.495 e. The first-order chi connectivity index (χ1) is 7.43. The summed E-state index contributed by atoms with van der Waals surface area (Å²) in [5.74, 6) is 0.373. The third kappa shape index (κ3) is 2.46. The maximum absolute atomic E-state index is 11.7. The molecule has 0 amide bonds. The molecule has 1 atom stereocenters. The van der Waals surface area contributed by atoms with E-state index in [0.717, 1.165) is 0 Å². The van der Waals surface area contributed by atoms with Crippen LogP contribution in [0.25, 0.3) is 0 Å². The summed E-state index contributed by atoms with van der Waals surface area (Å²) in [5.41, 5.74) is 5.29. The van der Waals surface area contributed by atoms with Crippen LogP contribution in [-0.4, -0.2) is 32.6 Å². The predicted molar refractivity (Wildman–Crippen MR) is 60.3 cm³/mol. The highest BCUT2D eigenvalue weighted by molar-refractivity contribution is 7.92. The van der Waals surface area contributed by atoms with E-state index < -0.39 is 21.8 Å². The number of benzene rings is 1. The molecule has 0 aliphatic heterocycles. The van der Waals surface area contributed by atoms with Gasteiger partial charge >= 0.3 is 0 Å². The van der Waals surface area contributed by atoms with Crippen molar-refractivity contribution in [3.8, 4) is 5.75 Å². The summed E-state index contributed by atoms with van der Waals surface area (Å²) in [6.45, 7) is -0.647. The average molecular weight is 266 g/mol. The van der Waals surface area contributed by atoms with Gasteiger partial charge in [0, 0.05) is 0 Å². The van der Waals surface area contributed by atoms with Gasteiger partial charge in [-0.15, -0.1) is 0 Å². The lowest BCUT2D eigenvalue weighted by molar-refractivity contribution is 0.292. The van der Waals surface area contributed by atoms with E-state index in [1.165, 1.54) is 25.3 Å². The molecule has 0 spiro atoms. The van der Waals surface area contributed by atoms with Crippen molar-refractivity contribution >= 4 is 21.4 Å². The van der Waals surface area contributed by atoms with Gasteiger partial charge in [-0.05, 0) is 18.2 Å². The average Bonchev–Trinajstić information content (AvgIpc) is 2.27. The van der Waals surface area contributed by atoms with Crippen molar-refractivity contribution in [2.24, 2.45) is 5.73 Å². The van der Waals surface area contributed by atoms with Gasteiger partial charge < -0.3 is 15.6 Å². The smallest absolute Gasteiger partial charge is 0.196 e. The molecular weight excluding hydrogens is 254 g/mol. The Morgan fingerprint density at radius 1 is 1.56 bits per heavy atom. The Morgan fingerprint density at radius 2 is 2.19 bits per heavy atom. The van der Waals surface area contributed by atoms with Gasteiger partial charge in [-0.1, -0.05) is 11.6 Å². The van der Waals surface area contributed by atoms with Gasteiger partial charge in [-0.2, -0.15) is 0 Å². The van der Waals surface area contributed by atoms with Gasteiger partial charge in [0.25, 0.3) is 0 Å². The number of ether oxygens (including phenoxy) is 1. The molecule has 3 N–H and O–H groups in total. The lowest BCUT2D eigenvalue weighted by Gasteiger charge is -2.11. The summed E-state index contributed by atoms with van der Waals surface area (Å²) < 4.78 is 28.4. The minimum absolute atomic E-state index is 0.0418. The van der Waals surface area contributed by atoms with Gasteiger partial charge in [0.2, 0.25) is 0 Å². The predicted octanol–water partition coefficient (Wildman–Crippen LogP) is 0.399.